The second-order valence-corrected chi connectivity index (χ2v) is 7.83. The fourth-order valence-electron chi connectivity index (χ4n) is 3.09. The Kier molecular flexibility index (Phi) is 4.82. The third-order valence-corrected chi connectivity index (χ3v) is 5.67. The van der Waals surface area contributed by atoms with E-state index in [1.165, 1.54) is 46.7 Å². The highest BCUT2D eigenvalue weighted by atomic mass is 79.9. The summed E-state index contributed by atoms with van der Waals surface area (Å²) >= 11 is 4.52. The summed E-state index contributed by atoms with van der Waals surface area (Å²) in [6.07, 6.45) is 1.53. The molecule has 1 aromatic heterocycles. The van der Waals surface area contributed by atoms with Crippen LogP contribution in [-0.2, 0) is 4.79 Å². The van der Waals surface area contributed by atoms with Gasteiger partial charge in [-0.1, -0.05) is 28.1 Å². The third-order valence-electron chi connectivity index (χ3n) is 4.37. The van der Waals surface area contributed by atoms with E-state index in [4.69, 9.17) is 0 Å². The van der Waals surface area contributed by atoms with Crippen LogP contribution in [0.2, 0.25) is 0 Å². The van der Waals surface area contributed by atoms with Crippen LogP contribution in [0.25, 0.3) is 0 Å². The number of aliphatic hydroxyl groups is 1. The number of nitrogens with zero attached hydrogens (tertiary/aromatic N) is 2. The zero-order valence-electron chi connectivity index (χ0n) is 14.2. The predicted octanol–water partition coefficient (Wildman–Crippen LogP) is 4.83. The van der Waals surface area contributed by atoms with Crippen molar-refractivity contribution in [2.45, 2.75) is 6.04 Å². The summed E-state index contributed by atoms with van der Waals surface area (Å²) in [7, 11) is 0. The Labute approximate surface area is 171 Å². The van der Waals surface area contributed by atoms with E-state index >= 15 is 0 Å². The topological polar surface area (TPSA) is 70.5 Å². The molecular formula is C20H12BrFN2O3S. The van der Waals surface area contributed by atoms with Gasteiger partial charge in [0.15, 0.2) is 16.7 Å². The van der Waals surface area contributed by atoms with Gasteiger partial charge in [-0.05, 0) is 42.0 Å². The highest BCUT2D eigenvalue weighted by Crippen LogP contribution is 2.42. The SMILES string of the molecule is O=C(C1=C(O)C(=O)N(c2nccs2)C1c1ccc(F)cc1)c1ccc(Br)cc1. The van der Waals surface area contributed by atoms with Crippen molar-refractivity contribution >= 4 is 44.1 Å². The Morgan fingerprint density at radius 3 is 2.43 bits per heavy atom. The molecule has 0 bridgehead atoms. The van der Waals surface area contributed by atoms with Gasteiger partial charge < -0.3 is 5.11 Å². The summed E-state index contributed by atoms with van der Waals surface area (Å²) in [5.74, 6) is -2.27. The number of benzene rings is 2. The molecule has 1 atom stereocenters. The van der Waals surface area contributed by atoms with E-state index in [1.54, 1.807) is 29.6 Å². The Balaban J connectivity index is 1.86. The number of ketones is 1. The molecule has 0 aliphatic carbocycles. The molecule has 0 saturated heterocycles. The van der Waals surface area contributed by atoms with Gasteiger partial charge in [0.1, 0.15) is 5.82 Å². The summed E-state index contributed by atoms with van der Waals surface area (Å²) < 4.78 is 14.2. The third kappa shape index (κ3) is 3.14. The molecule has 4 rings (SSSR count). The summed E-state index contributed by atoms with van der Waals surface area (Å²) in [4.78, 5) is 31.4. The molecule has 1 amide bonds. The lowest BCUT2D eigenvalue weighted by Crippen LogP contribution is -2.30. The Bertz CT molecular complexity index is 1080. The van der Waals surface area contributed by atoms with Gasteiger partial charge >= 0.3 is 0 Å². The van der Waals surface area contributed by atoms with Crippen molar-refractivity contribution in [1.29, 1.82) is 0 Å². The van der Waals surface area contributed by atoms with E-state index in [2.05, 4.69) is 20.9 Å². The maximum atomic E-state index is 13.4. The minimum absolute atomic E-state index is 0.0610. The number of rotatable bonds is 4. The molecule has 1 aliphatic rings. The van der Waals surface area contributed by atoms with Crippen molar-refractivity contribution < 1.29 is 19.1 Å². The number of thiazole rings is 1. The first kappa shape index (κ1) is 18.5. The number of hydrogen-bond acceptors (Lipinski definition) is 5. The molecule has 0 fully saturated rings. The van der Waals surface area contributed by atoms with Gasteiger partial charge in [0.05, 0.1) is 11.6 Å². The molecular weight excluding hydrogens is 447 g/mol. The van der Waals surface area contributed by atoms with Crippen LogP contribution in [0.5, 0.6) is 0 Å². The second kappa shape index (κ2) is 7.29. The molecule has 3 aromatic rings. The number of aliphatic hydroxyl groups excluding tert-OH is 1. The second-order valence-electron chi connectivity index (χ2n) is 6.04. The largest absolute Gasteiger partial charge is 0.503 e. The molecule has 2 heterocycles. The van der Waals surface area contributed by atoms with Crippen LogP contribution in [0, 0.1) is 5.82 Å². The molecule has 1 N–H and O–H groups in total. The van der Waals surface area contributed by atoms with Crippen LogP contribution in [0.4, 0.5) is 9.52 Å². The molecule has 0 spiro atoms. The smallest absolute Gasteiger partial charge is 0.296 e. The molecule has 5 nitrogen and oxygen atoms in total. The number of carbonyl (C=O) groups is 2. The molecule has 2 aromatic carbocycles. The molecule has 8 heteroatoms. The van der Waals surface area contributed by atoms with Crippen LogP contribution < -0.4 is 4.90 Å². The fourth-order valence-corrected chi connectivity index (χ4v) is 4.02. The van der Waals surface area contributed by atoms with Crippen molar-refractivity contribution in [3.63, 3.8) is 0 Å². The highest BCUT2D eigenvalue weighted by molar-refractivity contribution is 9.10. The van der Waals surface area contributed by atoms with Gasteiger partial charge in [0.2, 0.25) is 0 Å². The molecule has 0 radical (unpaired) electrons. The van der Waals surface area contributed by atoms with Crippen molar-refractivity contribution in [2.24, 2.45) is 0 Å². The lowest BCUT2D eigenvalue weighted by Gasteiger charge is -2.24. The number of Topliss-reactive ketones (excluding diaryl/α,β-unsaturated/α-hetero) is 1. The quantitative estimate of drug-likeness (QED) is 0.568. The van der Waals surface area contributed by atoms with E-state index in [1.807, 2.05) is 0 Å². The Morgan fingerprint density at radius 1 is 1.14 bits per heavy atom. The highest BCUT2D eigenvalue weighted by Gasteiger charge is 2.45. The number of aromatic nitrogens is 1. The van der Waals surface area contributed by atoms with Crippen molar-refractivity contribution in [3.05, 3.63) is 92.9 Å². The van der Waals surface area contributed by atoms with Crippen LogP contribution in [0.15, 0.2) is 75.9 Å². The van der Waals surface area contributed by atoms with E-state index in [9.17, 15) is 19.1 Å². The van der Waals surface area contributed by atoms with Crippen LogP contribution in [-0.4, -0.2) is 21.8 Å². The number of halogens is 2. The van der Waals surface area contributed by atoms with Crippen molar-refractivity contribution in [2.75, 3.05) is 4.90 Å². The van der Waals surface area contributed by atoms with Gasteiger partial charge in [0, 0.05) is 21.6 Å². The van der Waals surface area contributed by atoms with E-state index < -0.39 is 29.3 Å². The van der Waals surface area contributed by atoms with E-state index in [-0.39, 0.29) is 5.57 Å². The minimum Gasteiger partial charge on any atom is -0.503 e. The maximum absolute atomic E-state index is 13.4. The van der Waals surface area contributed by atoms with E-state index in [0.717, 1.165) is 4.47 Å². The summed E-state index contributed by atoms with van der Waals surface area (Å²) in [6.45, 7) is 0. The number of hydrogen-bond donors (Lipinski definition) is 1. The molecule has 140 valence electrons. The molecule has 0 saturated carbocycles. The van der Waals surface area contributed by atoms with Crippen molar-refractivity contribution in [3.8, 4) is 0 Å². The van der Waals surface area contributed by atoms with Crippen molar-refractivity contribution in [1.82, 2.24) is 4.98 Å². The first-order valence-electron chi connectivity index (χ1n) is 8.19. The van der Waals surface area contributed by atoms with Crippen LogP contribution >= 0.6 is 27.3 Å². The molecule has 1 unspecified atom stereocenters. The number of carbonyl (C=O) groups excluding carboxylic acids is 2. The van der Waals surface area contributed by atoms with Crippen LogP contribution in [0.3, 0.4) is 0 Å². The molecule has 1 aliphatic heterocycles. The Morgan fingerprint density at radius 2 is 1.82 bits per heavy atom. The Hall–Kier alpha value is -2.84. The lowest BCUT2D eigenvalue weighted by atomic mass is 9.93. The van der Waals surface area contributed by atoms with Gasteiger partial charge in [-0.25, -0.2) is 9.37 Å². The zero-order chi connectivity index (χ0) is 19.8. The average Bonchev–Trinajstić information content (AvgIpc) is 3.30. The average molecular weight is 459 g/mol. The van der Waals surface area contributed by atoms with Gasteiger partial charge in [-0.15, -0.1) is 11.3 Å². The maximum Gasteiger partial charge on any atom is 0.296 e. The lowest BCUT2D eigenvalue weighted by molar-refractivity contribution is -0.117. The van der Waals surface area contributed by atoms with Crippen LogP contribution in [0.1, 0.15) is 22.0 Å². The number of amides is 1. The fraction of sp³-hybridized carbons (Fsp3) is 0.0500. The normalized spacial score (nSPS) is 16.7. The monoisotopic (exact) mass is 458 g/mol. The minimum atomic E-state index is -0.907. The first-order valence-corrected chi connectivity index (χ1v) is 9.86. The summed E-state index contributed by atoms with van der Waals surface area (Å²) in [5, 5.41) is 12.6. The first-order chi connectivity index (χ1) is 13.5. The standard InChI is InChI=1S/C20H12BrFN2O3S/c21-13-5-1-12(2-6-13)17(25)15-16(11-3-7-14(22)8-4-11)24(19(27)18(15)26)20-23-9-10-28-20/h1-10,16,26H. The molecule has 28 heavy (non-hydrogen) atoms. The summed E-state index contributed by atoms with van der Waals surface area (Å²) in [5.41, 5.74) is 0.759. The predicted molar refractivity (Wildman–Crippen MR) is 107 cm³/mol. The van der Waals surface area contributed by atoms with Gasteiger partial charge in [0.25, 0.3) is 5.91 Å². The number of anilines is 1. The van der Waals surface area contributed by atoms with E-state index in [0.29, 0.717) is 16.3 Å². The van der Waals surface area contributed by atoms with Gasteiger partial charge in [-0.2, -0.15) is 0 Å². The zero-order valence-corrected chi connectivity index (χ0v) is 16.6. The van der Waals surface area contributed by atoms with Gasteiger partial charge in [-0.3, -0.25) is 14.5 Å². The summed E-state index contributed by atoms with van der Waals surface area (Å²) in [6, 6.07) is 11.2.